The number of rotatable bonds is 8. The monoisotopic (exact) mass is 440 g/mol. The maximum Gasteiger partial charge on any atom is 0.118 e. The number of nitrogens with one attached hydrogen (secondary N) is 1. The molecule has 4 fully saturated rings. The molecule has 4 aliphatic rings. The molecule has 1 saturated heterocycles. The fourth-order valence-electron chi connectivity index (χ4n) is 8.70. The van der Waals surface area contributed by atoms with Gasteiger partial charge in [-0.25, -0.2) is 0 Å². The van der Waals surface area contributed by atoms with Crippen LogP contribution in [0, 0.1) is 34.5 Å². The minimum Gasteiger partial charge on any atom is -0.396 e. The highest BCUT2D eigenvalue weighted by Crippen LogP contribution is 2.66. The van der Waals surface area contributed by atoms with Crippen molar-refractivity contribution in [2.75, 3.05) is 13.2 Å². The van der Waals surface area contributed by atoms with Crippen molar-refractivity contribution in [2.45, 2.75) is 104 Å². The van der Waals surface area contributed by atoms with E-state index in [4.69, 9.17) is 4.84 Å². The summed E-state index contributed by atoms with van der Waals surface area (Å²) >= 11 is 0. The third-order valence-electron chi connectivity index (χ3n) is 10.3. The van der Waals surface area contributed by atoms with E-state index in [2.05, 4.69) is 50.8 Å². The molecule has 4 rings (SSSR count). The van der Waals surface area contributed by atoms with E-state index in [1.54, 1.807) is 5.57 Å². The molecule has 3 aliphatic carbocycles. The SMILES string of the molecule is C=C/C=C1/CCC2C(CCC3(C)C(/C(C)=N/OCCC4CCCN4)CCC23)C1(C)CCC. The second-order valence-electron chi connectivity index (χ2n) is 11.8. The summed E-state index contributed by atoms with van der Waals surface area (Å²) in [5.74, 6) is 3.16. The van der Waals surface area contributed by atoms with Gasteiger partial charge < -0.3 is 10.2 Å². The molecule has 7 unspecified atom stereocenters. The minimum atomic E-state index is 0.367. The Balaban J connectivity index is 1.44. The fraction of sp³-hybridized carbons (Fsp3) is 0.828. The Bertz CT molecular complexity index is 721. The maximum atomic E-state index is 5.84. The molecule has 3 nitrogen and oxygen atoms in total. The van der Waals surface area contributed by atoms with Crippen molar-refractivity contribution in [3.8, 4) is 0 Å². The highest BCUT2D eigenvalue weighted by Gasteiger charge is 2.58. The summed E-state index contributed by atoms with van der Waals surface area (Å²) in [5, 5.41) is 8.23. The molecule has 1 aliphatic heterocycles. The Hall–Kier alpha value is -1.09. The van der Waals surface area contributed by atoms with E-state index in [0.717, 1.165) is 30.8 Å². The first kappa shape index (κ1) is 24.0. The number of hydrogen-bond donors (Lipinski definition) is 1. The van der Waals surface area contributed by atoms with Gasteiger partial charge in [0, 0.05) is 12.0 Å². The number of allylic oxidation sites excluding steroid dienone is 3. The van der Waals surface area contributed by atoms with E-state index in [-0.39, 0.29) is 0 Å². The molecule has 0 aromatic carbocycles. The summed E-state index contributed by atoms with van der Waals surface area (Å²) in [6, 6.07) is 0.637. The standard InChI is InChI=1S/C29H48N2O/c1-6-9-22-11-12-24-26-14-13-25(21(3)31-32-20-16-23-10-8-19-30-23)29(26,5)18-15-27(24)28(22,4)17-7-2/h6,9,23-27,30H,1,7-8,10-20H2,2-5H3/b22-9-,31-21+. The average molecular weight is 441 g/mol. The lowest BCUT2D eigenvalue weighted by atomic mass is 9.47. The van der Waals surface area contributed by atoms with Gasteiger partial charge in [-0.2, -0.15) is 0 Å². The third-order valence-corrected chi connectivity index (χ3v) is 10.3. The van der Waals surface area contributed by atoms with Gasteiger partial charge in [-0.15, -0.1) is 0 Å². The summed E-state index contributed by atoms with van der Waals surface area (Å²) in [5.41, 5.74) is 3.70. The van der Waals surface area contributed by atoms with E-state index in [1.807, 2.05) is 6.08 Å². The van der Waals surface area contributed by atoms with Crippen LogP contribution in [0.5, 0.6) is 0 Å². The highest BCUT2D eigenvalue weighted by molar-refractivity contribution is 5.85. The second-order valence-corrected chi connectivity index (χ2v) is 11.8. The molecule has 3 saturated carbocycles. The van der Waals surface area contributed by atoms with Gasteiger partial charge in [0.2, 0.25) is 0 Å². The van der Waals surface area contributed by atoms with Gasteiger partial charge in [0.15, 0.2) is 0 Å². The number of hydrogen-bond acceptors (Lipinski definition) is 3. The van der Waals surface area contributed by atoms with Crippen LogP contribution in [0.1, 0.15) is 98.3 Å². The summed E-state index contributed by atoms with van der Waals surface area (Å²) in [6.45, 7) is 15.7. The van der Waals surface area contributed by atoms with Crippen molar-refractivity contribution in [1.82, 2.24) is 5.32 Å². The van der Waals surface area contributed by atoms with Gasteiger partial charge >= 0.3 is 0 Å². The van der Waals surface area contributed by atoms with Gasteiger partial charge in [-0.3, -0.25) is 0 Å². The largest absolute Gasteiger partial charge is 0.396 e. The number of oxime groups is 1. The smallest absolute Gasteiger partial charge is 0.118 e. The topological polar surface area (TPSA) is 33.6 Å². The van der Waals surface area contributed by atoms with Crippen LogP contribution >= 0.6 is 0 Å². The molecule has 0 bridgehead atoms. The first-order valence-corrected chi connectivity index (χ1v) is 13.7. The van der Waals surface area contributed by atoms with Crippen LogP contribution in [-0.2, 0) is 4.84 Å². The first-order chi connectivity index (χ1) is 15.4. The maximum absolute atomic E-state index is 5.84. The minimum absolute atomic E-state index is 0.367. The van der Waals surface area contributed by atoms with Gasteiger partial charge in [-0.1, -0.05) is 56.7 Å². The molecule has 1 N–H and O–H groups in total. The Labute approximate surface area is 197 Å². The summed E-state index contributed by atoms with van der Waals surface area (Å²) in [4.78, 5) is 5.84. The van der Waals surface area contributed by atoms with Crippen LogP contribution in [0.3, 0.4) is 0 Å². The van der Waals surface area contributed by atoms with Crippen LogP contribution in [0.4, 0.5) is 0 Å². The zero-order valence-corrected chi connectivity index (χ0v) is 21.3. The Kier molecular flexibility index (Phi) is 7.54. The van der Waals surface area contributed by atoms with E-state index >= 15 is 0 Å². The van der Waals surface area contributed by atoms with Crippen LogP contribution in [-0.4, -0.2) is 24.9 Å². The van der Waals surface area contributed by atoms with Crippen molar-refractivity contribution in [3.05, 3.63) is 24.3 Å². The molecular formula is C29H48N2O. The van der Waals surface area contributed by atoms with Gasteiger partial charge in [0.1, 0.15) is 6.61 Å². The van der Waals surface area contributed by atoms with Crippen molar-refractivity contribution >= 4 is 5.71 Å². The quantitative estimate of drug-likeness (QED) is 0.244. The van der Waals surface area contributed by atoms with Crippen molar-refractivity contribution < 1.29 is 4.84 Å². The zero-order valence-electron chi connectivity index (χ0n) is 21.3. The Morgan fingerprint density at radius 1 is 1.19 bits per heavy atom. The molecule has 1 heterocycles. The van der Waals surface area contributed by atoms with Crippen LogP contribution in [0.15, 0.2) is 29.5 Å². The molecule has 0 aromatic heterocycles. The van der Waals surface area contributed by atoms with Crippen molar-refractivity contribution in [2.24, 2.45) is 39.7 Å². The molecule has 32 heavy (non-hydrogen) atoms. The summed E-state index contributed by atoms with van der Waals surface area (Å²) < 4.78 is 0. The van der Waals surface area contributed by atoms with Crippen molar-refractivity contribution in [3.63, 3.8) is 0 Å². The lowest BCUT2D eigenvalue weighted by Gasteiger charge is -2.57. The molecule has 0 amide bonds. The van der Waals surface area contributed by atoms with E-state index in [0.29, 0.717) is 22.8 Å². The zero-order chi connectivity index (χ0) is 22.8. The molecular weight excluding hydrogens is 392 g/mol. The summed E-state index contributed by atoms with van der Waals surface area (Å²) in [6.07, 6.45) is 18.7. The molecule has 0 spiro atoms. The van der Waals surface area contributed by atoms with Crippen LogP contribution in [0.25, 0.3) is 0 Å². The Morgan fingerprint density at radius 3 is 2.75 bits per heavy atom. The third kappa shape index (κ3) is 4.36. The average Bonchev–Trinajstić information content (AvgIpc) is 3.41. The fourth-order valence-corrected chi connectivity index (χ4v) is 8.70. The van der Waals surface area contributed by atoms with E-state index in [9.17, 15) is 0 Å². The second kappa shape index (κ2) is 10.0. The lowest BCUT2D eigenvalue weighted by molar-refractivity contribution is -0.0412. The van der Waals surface area contributed by atoms with Gasteiger partial charge in [-0.05, 0) is 106 Å². The molecule has 0 aromatic rings. The van der Waals surface area contributed by atoms with Gasteiger partial charge in [0.05, 0.1) is 5.71 Å². The predicted octanol–water partition coefficient (Wildman–Crippen LogP) is 7.29. The molecule has 0 radical (unpaired) electrons. The van der Waals surface area contributed by atoms with Gasteiger partial charge in [0.25, 0.3) is 0 Å². The van der Waals surface area contributed by atoms with Crippen LogP contribution in [0.2, 0.25) is 0 Å². The predicted molar refractivity (Wildman–Crippen MR) is 136 cm³/mol. The lowest BCUT2D eigenvalue weighted by Crippen LogP contribution is -2.50. The number of fused-ring (bicyclic) bond motifs is 3. The number of nitrogens with zero attached hydrogens (tertiary/aromatic N) is 1. The van der Waals surface area contributed by atoms with Crippen LogP contribution < -0.4 is 5.32 Å². The Morgan fingerprint density at radius 2 is 2.03 bits per heavy atom. The highest BCUT2D eigenvalue weighted by atomic mass is 16.6. The first-order valence-electron chi connectivity index (χ1n) is 13.7. The molecule has 7 atom stereocenters. The van der Waals surface area contributed by atoms with E-state index < -0.39 is 0 Å². The molecule has 180 valence electrons. The molecule has 3 heteroatoms. The van der Waals surface area contributed by atoms with Crippen molar-refractivity contribution in [1.29, 1.82) is 0 Å². The summed E-state index contributed by atoms with van der Waals surface area (Å²) in [7, 11) is 0. The van der Waals surface area contributed by atoms with E-state index in [1.165, 1.54) is 76.5 Å². The normalized spacial score (nSPS) is 43.2.